The zero-order valence-corrected chi connectivity index (χ0v) is 17.8. The summed E-state index contributed by atoms with van der Waals surface area (Å²) in [4.78, 5) is 9.88. The number of benzene rings is 2. The lowest BCUT2D eigenvalue weighted by atomic mass is 9.89. The molecule has 0 bridgehead atoms. The fraction of sp³-hybridized carbons (Fsp3) is 0.222. The molecule has 0 fully saturated rings. The second-order valence-corrected chi connectivity index (χ2v) is 7.69. The van der Waals surface area contributed by atoms with Crippen molar-refractivity contribution >= 4 is 28.9 Å². The first kappa shape index (κ1) is 26.5. The summed E-state index contributed by atoms with van der Waals surface area (Å²) < 4.78 is 121. The maximum Gasteiger partial charge on any atom is 0.430 e. The van der Waals surface area contributed by atoms with Gasteiger partial charge in [-0.15, -0.1) is 5.10 Å². The van der Waals surface area contributed by atoms with Crippen molar-refractivity contribution < 1.29 is 44.4 Å². The van der Waals surface area contributed by atoms with Crippen molar-refractivity contribution in [2.24, 2.45) is 0 Å². The highest BCUT2D eigenvalue weighted by Gasteiger charge is 2.70. The van der Waals surface area contributed by atoms with E-state index in [1.165, 1.54) is 0 Å². The number of hydrogen-bond acceptors (Lipinski definition) is 4. The molecule has 17 heteroatoms. The van der Waals surface area contributed by atoms with Gasteiger partial charge in [-0.25, -0.2) is 13.5 Å². The van der Waals surface area contributed by atoms with E-state index in [-0.39, 0.29) is 23.4 Å². The van der Waals surface area contributed by atoms with Crippen LogP contribution >= 0.6 is 23.2 Å². The van der Waals surface area contributed by atoms with Crippen molar-refractivity contribution in [3.63, 3.8) is 0 Å². The Bertz CT molecular complexity index is 1270. The van der Waals surface area contributed by atoms with Crippen molar-refractivity contribution in [1.82, 2.24) is 15.0 Å². The van der Waals surface area contributed by atoms with Crippen LogP contribution in [0.2, 0.25) is 10.0 Å². The Labute approximate surface area is 198 Å². The maximum absolute atomic E-state index is 14.7. The number of rotatable bonds is 5. The second kappa shape index (κ2) is 8.86. The van der Waals surface area contributed by atoms with E-state index in [0.29, 0.717) is 4.68 Å². The Morgan fingerprint density at radius 3 is 2.06 bits per heavy atom. The largest absolute Gasteiger partial charge is 0.430 e. The molecule has 0 aliphatic heterocycles. The Morgan fingerprint density at radius 1 is 1.00 bits per heavy atom. The summed E-state index contributed by atoms with van der Waals surface area (Å²) in [5.41, 5.74) is -8.96. The molecule has 188 valence electrons. The standard InChI is InChI=1S/C18H7Cl2F9N4O2/c19-9-4-8(16(23,18(27,28)29)15(22)17(24,25)26)5-10(20)14(9)32-6-12(30-31-32)7-1-2-11(21)13(3-7)33(34)35/h1-6,15H. The molecule has 1 aromatic heterocycles. The number of hydrogen-bond donors (Lipinski definition) is 0. The van der Waals surface area contributed by atoms with Crippen molar-refractivity contribution in [2.75, 3.05) is 0 Å². The first-order valence-corrected chi connectivity index (χ1v) is 9.57. The van der Waals surface area contributed by atoms with Gasteiger partial charge >= 0.3 is 18.0 Å². The number of nitrogens with zero attached hydrogens (tertiary/aromatic N) is 4. The molecular weight excluding hydrogens is 546 g/mol. The highest BCUT2D eigenvalue weighted by molar-refractivity contribution is 6.37. The van der Waals surface area contributed by atoms with Crippen LogP contribution < -0.4 is 0 Å². The SMILES string of the molecule is O=[N+]([O-])c1cc(-c2cn(-c3c(Cl)cc(C(F)(C(F)C(F)(F)F)C(F)(F)F)cc3Cl)nn2)ccc1F. The molecule has 2 aromatic carbocycles. The fourth-order valence-electron chi connectivity index (χ4n) is 2.99. The van der Waals surface area contributed by atoms with E-state index in [9.17, 15) is 49.6 Å². The van der Waals surface area contributed by atoms with Crippen LogP contribution in [0, 0.1) is 15.9 Å². The van der Waals surface area contributed by atoms with Gasteiger partial charge in [0.25, 0.3) is 5.67 Å². The van der Waals surface area contributed by atoms with Crippen molar-refractivity contribution in [1.29, 1.82) is 0 Å². The van der Waals surface area contributed by atoms with Crippen LogP contribution in [0.5, 0.6) is 0 Å². The van der Waals surface area contributed by atoms with E-state index in [1.54, 1.807) is 0 Å². The van der Waals surface area contributed by atoms with Crippen LogP contribution in [0.3, 0.4) is 0 Å². The third-order valence-electron chi connectivity index (χ3n) is 4.65. The molecule has 2 atom stereocenters. The van der Waals surface area contributed by atoms with E-state index < -0.39 is 61.9 Å². The van der Waals surface area contributed by atoms with E-state index >= 15 is 0 Å². The highest BCUT2D eigenvalue weighted by Crippen LogP contribution is 2.52. The fourth-order valence-corrected chi connectivity index (χ4v) is 3.65. The third-order valence-corrected chi connectivity index (χ3v) is 5.22. The number of alkyl halides is 8. The number of nitro benzene ring substituents is 1. The number of aromatic nitrogens is 3. The lowest BCUT2D eigenvalue weighted by Crippen LogP contribution is -2.52. The zero-order chi connectivity index (χ0) is 26.5. The number of nitro groups is 1. The van der Waals surface area contributed by atoms with Gasteiger partial charge in [0.1, 0.15) is 11.4 Å². The van der Waals surface area contributed by atoms with Crippen LogP contribution in [-0.4, -0.2) is 38.4 Å². The number of halogens is 11. The highest BCUT2D eigenvalue weighted by atomic mass is 35.5. The van der Waals surface area contributed by atoms with Gasteiger partial charge in [0.15, 0.2) is 0 Å². The minimum atomic E-state index is -6.35. The molecule has 3 aromatic rings. The summed E-state index contributed by atoms with van der Waals surface area (Å²) in [6.07, 6.45) is -16.6. The first-order valence-electron chi connectivity index (χ1n) is 8.81. The summed E-state index contributed by atoms with van der Waals surface area (Å²) in [5, 5.41) is 16.4. The Hall–Kier alpha value is -3.07. The maximum atomic E-state index is 14.7. The van der Waals surface area contributed by atoms with E-state index in [4.69, 9.17) is 23.2 Å². The monoisotopic (exact) mass is 552 g/mol. The van der Waals surface area contributed by atoms with Gasteiger partial charge < -0.3 is 0 Å². The molecule has 0 amide bonds. The Balaban J connectivity index is 2.10. The predicted octanol–water partition coefficient (Wildman–Crippen LogP) is 6.92. The molecule has 3 rings (SSSR count). The molecule has 0 saturated carbocycles. The topological polar surface area (TPSA) is 73.8 Å². The van der Waals surface area contributed by atoms with Crippen LogP contribution in [0.4, 0.5) is 45.2 Å². The predicted molar refractivity (Wildman–Crippen MR) is 103 cm³/mol. The van der Waals surface area contributed by atoms with Gasteiger partial charge in [0.2, 0.25) is 12.0 Å². The van der Waals surface area contributed by atoms with Crippen LogP contribution in [0.25, 0.3) is 16.9 Å². The second-order valence-electron chi connectivity index (χ2n) is 6.87. The molecule has 1 heterocycles. The molecular formula is C18H7Cl2F9N4O2. The molecule has 0 aliphatic rings. The van der Waals surface area contributed by atoms with Crippen LogP contribution in [0.15, 0.2) is 36.5 Å². The molecule has 35 heavy (non-hydrogen) atoms. The van der Waals surface area contributed by atoms with Crippen molar-refractivity contribution in [3.8, 4) is 16.9 Å². The van der Waals surface area contributed by atoms with Gasteiger partial charge in [-0.05, 0) is 24.3 Å². The van der Waals surface area contributed by atoms with Gasteiger partial charge in [-0.2, -0.15) is 30.7 Å². The third kappa shape index (κ3) is 4.74. The summed E-state index contributed by atoms with van der Waals surface area (Å²) in [6, 6.07) is 2.84. The molecule has 0 aliphatic carbocycles. The van der Waals surface area contributed by atoms with Crippen LogP contribution in [-0.2, 0) is 5.67 Å². The summed E-state index contributed by atoms with van der Waals surface area (Å²) in [5.74, 6) is -1.16. The normalized spacial score (nSPS) is 15.1. The Kier molecular flexibility index (Phi) is 6.71. The lowest BCUT2D eigenvalue weighted by molar-refractivity contribution is -0.387. The Morgan fingerprint density at radius 2 is 1.57 bits per heavy atom. The van der Waals surface area contributed by atoms with Gasteiger partial charge in [-0.1, -0.05) is 28.4 Å². The van der Waals surface area contributed by atoms with E-state index in [0.717, 1.165) is 24.4 Å². The average Bonchev–Trinajstić information content (AvgIpc) is 3.20. The molecule has 0 radical (unpaired) electrons. The average molecular weight is 553 g/mol. The zero-order valence-electron chi connectivity index (χ0n) is 16.3. The lowest BCUT2D eigenvalue weighted by Gasteiger charge is -2.32. The smallest absolute Gasteiger partial charge is 0.258 e. The first-order chi connectivity index (χ1) is 16.0. The summed E-state index contributed by atoms with van der Waals surface area (Å²) in [7, 11) is 0. The van der Waals surface area contributed by atoms with Gasteiger partial charge in [0, 0.05) is 17.2 Å². The van der Waals surface area contributed by atoms with Crippen molar-refractivity contribution in [2.45, 2.75) is 24.2 Å². The van der Waals surface area contributed by atoms with E-state index in [2.05, 4.69) is 10.3 Å². The van der Waals surface area contributed by atoms with Crippen molar-refractivity contribution in [3.05, 3.63) is 68.1 Å². The molecule has 2 unspecified atom stereocenters. The molecule has 6 nitrogen and oxygen atoms in total. The minimum absolute atomic E-state index is 0.0292. The van der Waals surface area contributed by atoms with Gasteiger partial charge in [-0.3, -0.25) is 10.1 Å². The van der Waals surface area contributed by atoms with Crippen LogP contribution in [0.1, 0.15) is 5.56 Å². The summed E-state index contributed by atoms with van der Waals surface area (Å²) in [6.45, 7) is 0. The van der Waals surface area contributed by atoms with E-state index in [1.807, 2.05) is 0 Å². The molecule has 0 spiro atoms. The molecule has 0 N–H and O–H groups in total. The minimum Gasteiger partial charge on any atom is -0.258 e. The molecule has 0 saturated heterocycles. The summed E-state index contributed by atoms with van der Waals surface area (Å²) >= 11 is 11.7. The quantitative estimate of drug-likeness (QED) is 0.196. The van der Waals surface area contributed by atoms with Gasteiger partial charge in [0.05, 0.1) is 21.2 Å².